The average Bonchev–Trinajstić information content (AvgIpc) is 2.80. The maximum Gasteiger partial charge on any atom is 0.244 e. The van der Waals surface area contributed by atoms with Crippen molar-refractivity contribution in [1.82, 2.24) is 10.2 Å². The first-order valence-corrected chi connectivity index (χ1v) is 13.6. The normalized spacial score (nSPS) is 12.2. The second-order valence-electron chi connectivity index (χ2n) is 8.53. The highest BCUT2D eigenvalue weighted by Crippen LogP contribution is 2.30. The fourth-order valence-electron chi connectivity index (χ4n) is 3.30. The van der Waals surface area contributed by atoms with E-state index in [9.17, 15) is 18.0 Å². The monoisotopic (exact) mass is 543 g/mol. The van der Waals surface area contributed by atoms with E-state index in [1.165, 1.54) is 12.0 Å². The summed E-state index contributed by atoms with van der Waals surface area (Å²) in [5.41, 5.74) is 0.858. The summed E-state index contributed by atoms with van der Waals surface area (Å²) in [6.45, 7) is 5.45. The van der Waals surface area contributed by atoms with Gasteiger partial charge in [-0.05, 0) is 42.7 Å². The lowest BCUT2D eigenvalue weighted by molar-refractivity contribution is -0.139. The lowest BCUT2D eigenvalue weighted by atomic mass is 10.1. The Hall–Kier alpha value is -2.49. The largest absolute Gasteiger partial charge is 0.495 e. The summed E-state index contributed by atoms with van der Waals surface area (Å²) in [5, 5.41) is 3.49. The van der Waals surface area contributed by atoms with E-state index in [4.69, 9.17) is 27.9 Å². The number of halogens is 2. The molecule has 8 nitrogen and oxygen atoms in total. The fourth-order valence-corrected chi connectivity index (χ4v) is 4.47. The van der Waals surface area contributed by atoms with E-state index < -0.39 is 28.5 Å². The van der Waals surface area contributed by atoms with Crippen LogP contribution in [0.2, 0.25) is 10.0 Å². The fraction of sp³-hybridized carbons (Fsp3) is 0.417. The number of benzene rings is 2. The predicted octanol–water partition coefficient (Wildman–Crippen LogP) is 3.96. The number of ether oxygens (including phenoxy) is 1. The second kappa shape index (κ2) is 12.5. The van der Waals surface area contributed by atoms with E-state index in [1.54, 1.807) is 49.4 Å². The number of rotatable bonds is 11. The van der Waals surface area contributed by atoms with Crippen LogP contribution in [0.3, 0.4) is 0 Å². The molecule has 0 bridgehead atoms. The Balaban J connectivity index is 2.43. The van der Waals surface area contributed by atoms with Gasteiger partial charge in [0.15, 0.2) is 0 Å². The van der Waals surface area contributed by atoms with Crippen LogP contribution in [0.25, 0.3) is 0 Å². The summed E-state index contributed by atoms with van der Waals surface area (Å²) in [4.78, 5) is 27.7. The molecule has 0 fully saturated rings. The predicted molar refractivity (Wildman–Crippen MR) is 140 cm³/mol. The van der Waals surface area contributed by atoms with Crippen molar-refractivity contribution in [2.24, 2.45) is 5.92 Å². The van der Waals surface area contributed by atoms with Crippen molar-refractivity contribution in [2.45, 2.75) is 33.4 Å². The zero-order valence-corrected chi connectivity index (χ0v) is 22.7. The number of nitrogens with zero attached hydrogens (tertiary/aromatic N) is 2. The summed E-state index contributed by atoms with van der Waals surface area (Å²) in [6, 6.07) is 10.5. The van der Waals surface area contributed by atoms with Gasteiger partial charge in [0.1, 0.15) is 18.3 Å². The highest BCUT2D eigenvalue weighted by Gasteiger charge is 2.31. The quantitative estimate of drug-likeness (QED) is 0.462. The lowest BCUT2D eigenvalue weighted by Gasteiger charge is -2.32. The minimum absolute atomic E-state index is 0.0233. The van der Waals surface area contributed by atoms with Crippen molar-refractivity contribution >= 4 is 50.7 Å². The van der Waals surface area contributed by atoms with Crippen molar-refractivity contribution in [1.29, 1.82) is 0 Å². The highest BCUT2D eigenvalue weighted by atomic mass is 35.5. The lowest BCUT2D eigenvalue weighted by Crippen LogP contribution is -2.51. The molecule has 0 saturated heterocycles. The van der Waals surface area contributed by atoms with E-state index in [0.717, 1.165) is 10.6 Å². The summed E-state index contributed by atoms with van der Waals surface area (Å²) in [7, 11) is -2.45. The number of nitrogens with one attached hydrogen (secondary N) is 1. The van der Waals surface area contributed by atoms with Gasteiger partial charge in [-0.1, -0.05) is 55.2 Å². The standard InChI is InChI=1S/C24H31Cl2N3O5S/c1-16(2)13-27-24(31)17(3)28(14-18-10-11-19(25)20(26)12-18)23(30)15-29(35(5,32)33)21-8-6-7-9-22(21)34-4/h6-12,16-17H,13-15H2,1-5H3,(H,27,31)/t17-/m1/s1. The van der Waals surface area contributed by atoms with Crippen molar-refractivity contribution in [3.63, 3.8) is 0 Å². The van der Waals surface area contributed by atoms with E-state index in [1.807, 2.05) is 13.8 Å². The Morgan fingerprint density at radius 1 is 1.06 bits per heavy atom. The third kappa shape index (κ3) is 8.02. The zero-order valence-electron chi connectivity index (χ0n) is 20.4. The summed E-state index contributed by atoms with van der Waals surface area (Å²) in [5.74, 6) is -0.406. The Morgan fingerprint density at radius 2 is 1.71 bits per heavy atom. The van der Waals surface area contributed by atoms with Gasteiger partial charge >= 0.3 is 0 Å². The number of sulfonamides is 1. The van der Waals surface area contributed by atoms with Gasteiger partial charge in [0, 0.05) is 13.1 Å². The molecular formula is C24H31Cl2N3O5S. The number of hydrogen-bond acceptors (Lipinski definition) is 5. The smallest absolute Gasteiger partial charge is 0.244 e. The molecule has 0 aliphatic carbocycles. The molecule has 0 spiro atoms. The van der Waals surface area contributed by atoms with Gasteiger partial charge in [0.25, 0.3) is 0 Å². The van der Waals surface area contributed by atoms with Crippen molar-refractivity contribution < 1.29 is 22.7 Å². The number of amides is 2. The minimum atomic E-state index is -3.87. The first kappa shape index (κ1) is 28.7. The molecule has 0 unspecified atom stereocenters. The molecule has 0 heterocycles. The minimum Gasteiger partial charge on any atom is -0.495 e. The molecular weight excluding hydrogens is 513 g/mol. The third-order valence-electron chi connectivity index (χ3n) is 5.22. The summed E-state index contributed by atoms with van der Waals surface area (Å²) < 4.78 is 31.6. The van der Waals surface area contributed by atoms with Gasteiger partial charge in [-0.15, -0.1) is 0 Å². The number of hydrogen-bond donors (Lipinski definition) is 1. The SMILES string of the molecule is COc1ccccc1N(CC(=O)N(Cc1ccc(Cl)c(Cl)c1)[C@H](C)C(=O)NCC(C)C)S(C)(=O)=O. The number of para-hydroxylation sites is 2. The van der Waals surface area contributed by atoms with Gasteiger partial charge in [-0.2, -0.15) is 0 Å². The Labute approximate surface area is 217 Å². The van der Waals surface area contributed by atoms with E-state index >= 15 is 0 Å². The third-order valence-corrected chi connectivity index (χ3v) is 7.09. The van der Waals surface area contributed by atoms with Crippen LogP contribution in [-0.4, -0.2) is 57.6 Å². The van der Waals surface area contributed by atoms with Crippen molar-refractivity contribution in [3.8, 4) is 5.75 Å². The van der Waals surface area contributed by atoms with Crippen molar-refractivity contribution in [3.05, 3.63) is 58.1 Å². The molecule has 35 heavy (non-hydrogen) atoms. The van der Waals surface area contributed by atoms with Gasteiger partial charge in [0.05, 0.1) is 29.1 Å². The average molecular weight is 545 g/mol. The number of anilines is 1. The van der Waals surface area contributed by atoms with E-state index in [-0.39, 0.29) is 24.1 Å². The molecule has 0 aliphatic rings. The van der Waals surface area contributed by atoms with Crippen LogP contribution < -0.4 is 14.4 Å². The topological polar surface area (TPSA) is 96.0 Å². The summed E-state index contributed by atoms with van der Waals surface area (Å²) in [6.07, 6.45) is 1.01. The van der Waals surface area contributed by atoms with Gasteiger partial charge in [-0.25, -0.2) is 8.42 Å². The van der Waals surface area contributed by atoms with Crippen LogP contribution in [0.1, 0.15) is 26.3 Å². The number of methoxy groups -OCH3 is 1. The van der Waals surface area contributed by atoms with Crippen LogP contribution in [0, 0.1) is 5.92 Å². The first-order chi connectivity index (χ1) is 16.3. The zero-order chi connectivity index (χ0) is 26.3. The molecule has 2 aromatic rings. The second-order valence-corrected chi connectivity index (χ2v) is 11.2. The van der Waals surface area contributed by atoms with E-state index in [0.29, 0.717) is 27.9 Å². The molecule has 11 heteroatoms. The van der Waals surface area contributed by atoms with Crippen molar-refractivity contribution in [2.75, 3.05) is 30.8 Å². The number of carbonyl (C=O) groups is 2. The molecule has 0 radical (unpaired) electrons. The van der Waals surface area contributed by atoms with Gasteiger partial charge in [0.2, 0.25) is 21.8 Å². The van der Waals surface area contributed by atoms with E-state index in [2.05, 4.69) is 5.32 Å². The Kier molecular flexibility index (Phi) is 10.2. The first-order valence-electron chi connectivity index (χ1n) is 11.0. The van der Waals surface area contributed by atoms with Gasteiger partial charge in [-0.3, -0.25) is 13.9 Å². The molecule has 2 rings (SSSR count). The molecule has 0 aliphatic heterocycles. The molecule has 0 aromatic heterocycles. The maximum absolute atomic E-state index is 13.6. The van der Waals surface area contributed by atoms with Crippen LogP contribution in [0.15, 0.2) is 42.5 Å². The molecule has 192 valence electrons. The van der Waals surface area contributed by atoms with Crippen LogP contribution in [0.4, 0.5) is 5.69 Å². The summed E-state index contributed by atoms with van der Waals surface area (Å²) >= 11 is 12.2. The van der Waals surface area contributed by atoms with Gasteiger partial charge < -0.3 is 15.0 Å². The van der Waals surface area contributed by atoms with Crippen LogP contribution in [-0.2, 0) is 26.2 Å². The number of carbonyl (C=O) groups excluding carboxylic acids is 2. The molecule has 1 atom stereocenters. The molecule has 2 amide bonds. The molecule has 2 aromatic carbocycles. The molecule has 1 N–H and O–H groups in total. The van der Waals surface area contributed by atoms with Crippen LogP contribution >= 0.6 is 23.2 Å². The Bertz CT molecular complexity index is 1160. The maximum atomic E-state index is 13.6. The highest BCUT2D eigenvalue weighted by molar-refractivity contribution is 7.92. The molecule has 0 saturated carbocycles. The van der Waals surface area contributed by atoms with Crippen LogP contribution in [0.5, 0.6) is 5.75 Å². The Morgan fingerprint density at radius 3 is 2.29 bits per heavy atom.